The van der Waals surface area contributed by atoms with E-state index in [2.05, 4.69) is 5.32 Å². The summed E-state index contributed by atoms with van der Waals surface area (Å²) in [7, 11) is -4.39. The molecule has 0 bridgehead atoms. The fourth-order valence-corrected chi connectivity index (χ4v) is 2.60. The van der Waals surface area contributed by atoms with Crippen LogP contribution in [0.15, 0.2) is 17.0 Å². The highest BCUT2D eigenvalue weighted by Gasteiger charge is 2.17. The summed E-state index contributed by atoms with van der Waals surface area (Å²) < 4.78 is 31.6. The second-order valence-electron chi connectivity index (χ2n) is 4.94. The van der Waals surface area contributed by atoms with Gasteiger partial charge < -0.3 is 16.2 Å². The van der Waals surface area contributed by atoms with Crippen LogP contribution in [0.25, 0.3) is 0 Å². The average molecular weight is 330 g/mol. The molecule has 8 nitrogen and oxygen atoms in total. The molecule has 9 heteroatoms. The lowest BCUT2D eigenvalue weighted by molar-refractivity contribution is -0.138. The number of hydrogen-bond acceptors (Lipinski definition) is 5. The quantitative estimate of drug-likeness (QED) is 0.561. The van der Waals surface area contributed by atoms with Crippen LogP contribution in [0.1, 0.15) is 24.0 Å². The molecule has 0 aliphatic carbocycles. The minimum absolute atomic E-state index is 0.0444. The maximum atomic E-state index is 11.8. The van der Waals surface area contributed by atoms with Crippen LogP contribution < -0.4 is 11.1 Å². The van der Waals surface area contributed by atoms with E-state index in [1.54, 1.807) is 6.92 Å². The molecule has 22 heavy (non-hydrogen) atoms. The van der Waals surface area contributed by atoms with Gasteiger partial charge in [-0.2, -0.15) is 8.42 Å². The molecular weight excluding hydrogens is 312 g/mol. The molecule has 0 saturated heterocycles. The minimum Gasteiger partial charge on any atom is -0.480 e. The molecule has 0 aliphatic rings. The Kier molecular flexibility index (Phi) is 5.64. The van der Waals surface area contributed by atoms with Gasteiger partial charge in [0.05, 0.1) is 4.90 Å². The van der Waals surface area contributed by atoms with Gasteiger partial charge in [0.15, 0.2) is 0 Å². The molecule has 0 unspecified atom stereocenters. The number of anilines is 1. The standard InChI is InChI=1S/C13H18N2O6S/c1-7-5-8(2)11(22(19,20)21)6-10(7)15-12(16)4-3-9(14)13(17)18/h5-6,9H,3-4,14H2,1-2H3,(H,15,16)(H,17,18)(H,19,20,21)/t9-/m0/s1. The predicted molar refractivity (Wildman–Crippen MR) is 79.2 cm³/mol. The van der Waals surface area contributed by atoms with Gasteiger partial charge in [0.2, 0.25) is 5.91 Å². The summed E-state index contributed by atoms with van der Waals surface area (Å²) in [5.74, 6) is -1.70. The Morgan fingerprint density at radius 1 is 1.27 bits per heavy atom. The van der Waals surface area contributed by atoms with Crippen LogP contribution in [0.3, 0.4) is 0 Å². The van der Waals surface area contributed by atoms with Crippen LogP contribution in [0.5, 0.6) is 0 Å². The number of amides is 1. The molecular formula is C13H18N2O6S. The summed E-state index contributed by atoms with van der Waals surface area (Å²) in [5.41, 5.74) is 6.49. The monoisotopic (exact) mass is 330 g/mol. The van der Waals surface area contributed by atoms with E-state index in [0.717, 1.165) is 6.07 Å². The Bertz CT molecular complexity index is 699. The fourth-order valence-electron chi connectivity index (χ4n) is 1.87. The number of rotatable bonds is 6. The Balaban J connectivity index is 2.90. The number of nitrogens with two attached hydrogens (primary N) is 1. The smallest absolute Gasteiger partial charge is 0.320 e. The normalized spacial score (nSPS) is 12.7. The van der Waals surface area contributed by atoms with Crippen molar-refractivity contribution in [2.24, 2.45) is 5.73 Å². The Morgan fingerprint density at radius 2 is 1.86 bits per heavy atom. The van der Waals surface area contributed by atoms with Crippen molar-refractivity contribution in [3.8, 4) is 0 Å². The summed E-state index contributed by atoms with van der Waals surface area (Å²) >= 11 is 0. The van der Waals surface area contributed by atoms with E-state index in [4.69, 9.17) is 15.4 Å². The van der Waals surface area contributed by atoms with Crippen molar-refractivity contribution in [1.82, 2.24) is 0 Å². The zero-order valence-corrected chi connectivity index (χ0v) is 13.0. The molecule has 0 spiro atoms. The van der Waals surface area contributed by atoms with E-state index in [9.17, 15) is 18.0 Å². The number of carboxylic acid groups (broad SMARTS) is 1. The molecule has 0 aromatic heterocycles. The third-order valence-electron chi connectivity index (χ3n) is 3.07. The van der Waals surface area contributed by atoms with E-state index in [0.29, 0.717) is 11.1 Å². The second kappa shape index (κ2) is 6.86. The van der Waals surface area contributed by atoms with Crippen molar-refractivity contribution >= 4 is 27.7 Å². The number of carbonyl (C=O) groups excluding carboxylic acids is 1. The molecule has 0 heterocycles. The van der Waals surface area contributed by atoms with Gasteiger partial charge in [-0.15, -0.1) is 0 Å². The summed E-state index contributed by atoms with van der Waals surface area (Å²) in [6.07, 6.45) is -0.167. The third-order valence-corrected chi connectivity index (χ3v) is 4.07. The van der Waals surface area contributed by atoms with Crippen LogP contribution in [0.4, 0.5) is 5.69 Å². The maximum Gasteiger partial charge on any atom is 0.320 e. The number of carbonyl (C=O) groups is 2. The van der Waals surface area contributed by atoms with Crippen molar-refractivity contribution in [2.75, 3.05) is 5.32 Å². The lowest BCUT2D eigenvalue weighted by Crippen LogP contribution is -2.31. The first-order valence-electron chi connectivity index (χ1n) is 6.39. The molecule has 0 radical (unpaired) electrons. The van der Waals surface area contributed by atoms with Crippen molar-refractivity contribution < 1.29 is 27.7 Å². The lowest BCUT2D eigenvalue weighted by Gasteiger charge is -2.12. The molecule has 1 aromatic carbocycles. The highest BCUT2D eigenvalue weighted by atomic mass is 32.2. The van der Waals surface area contributed by atoms with E-state index in [1.165, 1.54) is 13.0 Å². The summed E-state index contributed by atoms with van der Waals surface area (Å²) in [6, 6.07) is 1.54. The highest BCUT2D eigenvalue weighted by Crippen LogP contribution is 2.24. The van der Waals surface area contributed by atoms with Crippen LogP contribution in [0, 0.1) is 13.8 Å². The van der Waals surface area contributed by atoms with Crippen LogP contribution >= 0.6 is 0 Å². The molecule has 0 aliphatic heterocycles. The molecule has 5 N–H and O–H groups in total. The second-order valence-corrected chi connectivity index (χ2v) is 6.33. The Hall–Kier alpha value is -1.97. The number of aryl methyl sites for hydroxylation is 2. The van der Waals surface area contributed by atoms with E-state index >= 15 is 0 Å². The molecule has 0 fully saturated rings. The molecule has 0 saturated carbocycles. The van der Waals surface area contributed by atoms with Gasteiger partial charge in [0, 0.05) is 12.1 Å². The van der Waals surface area contributed by atoms with Crippen LogP contribution in [0.2, 0.25) is 0 Å². The van der Waals surface area contributed by atoms with E-state index < -0.39 is 28.0 Å². The highest BCUT2D eigenvalue weighted by molar-refractivity contribution is 7.85. The van der Waals surface area contributed by atoms with Gasteiger partial charge in [-0.3, -0.25) is 14.1 Å². The summed E-state index contributed by atoms with van der Waals surface area (Å²) in [5, 5.41) is 11.1. The summed E-state index contributed by atoms with van der Waals surface area (Å²) in [4.78, 5) is 22.0. The first-order valence-corrected chi connectivity index (χ1v) is 7.83. The topological polar surface area (TPSA) is 147 Å². The first-order chi connectivity index (χ1) is 10.0. The van der Waals surface area contributed by atoms with Crippen molar-refractivity contribution in [2.45, 2.75) is 37.6 Å². The van der Waals surface area contributed by atoms with Crippen molar-refractivity contribution in [1.29, 1.82) is 0 Å². The largest absolute Gasteiger partial charge is 0.480 e. The molecule has 1 atom stereocenters. The number of hydrogen-bond donors (Lipinski definition) is 4. The molecule has 1 amide bonds. The number of carboxylic acids is 1. The number of nitrogens with one attached hydrogen (secondary N) is 1. The average Bonchev–Trinajstić information content (AvgIpc) is 2.37. The van der Waals surface area contributed by atoms with Gasteiger partial charge in [-0.1, -0.05) is 6.07 Å². The van der Waals surface area contributed by atoms with Crippen molar-refractivity contribution in [3.05, 3.63) is 23.3 Å². The third kappa shape index (κ3) is 4.79. The van der Waals surface area contributed by atoms with Crippen molar-refractivity contribution in [3.63, 3.8) is 0 Å². The minimum atomic E-state index is -4.39. The van der Waals surface area contributed by atoms with E-state index in [-0.39, 0.29) is 23.4 Å². The first kappa shape index (κ1) is 18.1. The Morgan fingerprint density at radius 3 is 2.36 bits per heavy atom. The fraction of sp³-hybridized carbons (Fsp3) is 0.385. The summed E-state index contributed by atoms with van der Waals surface area (Å²) in [6.45, 7) is 3.19. The number of benzene rings is 1. The number of aliphatic carboxylic acids is 1. The van der Waals surface area contributed by atoms with Gasteiger partial charge in [0.1, 0.15) is 6.04 Å². The predicted octanol–water partition coefficient (Wildman–Crippen LogP) is 0.681. The lowest BCUT2D eigenvalue weighted by atomic mass is 10.1. The molecule has 122 valence electrons. The zero-order chi connectivity index (χ0) is 17.1. The van der Waals surface area contributed by atoms with E-state index in [1.807, 2.05) is 0 Å². The SMILES string of the molecule is Cc1cc(C)c(S(=O)(=O)O)cc1NC(=O)CC[C@H](N)C(=O)O. The van der Waals surface area contributed by atoms with Gasteiger partial charge in [0.25, 0.3) is 10.1 Å². The zero-order valence-electron chi connectivity index (χ0n) is 12.2. The Labute approximate surface area is 128 Å². The molecule has 1 rings (SSSR count). The van der Waals surface area contributed by atoms with Gasteiger partial charge in [-0.05, 0) is 37.5 Å². The maximum absolute atomic E-state index is 11.8. The molecule has 1 aromatic rings. The van der Waals surface area contributed by atoms with Gasteiger partial charge in [-0.25, -0.2) is 0 Å². The van der Waals surface area contributed by atoms with Crippen LogP contribution in [-0.2, 0) is 19.7 Å². The van der Waals surface area contributed by atoms with Gasteiger partial charge >= 0.3 is 5.97 Å². The van der Waals surface area contributed by atoms with Crippen LogP contribution in [-0.4, -0.2) is 36.0 Å².